The van der Waals surface area contributed by atoms with Gasteiger partial charge in [0, 0.05) is 10.4 Å². The van der Waals surface area contributed by atoms with Gasteiger partial charge in [0.2, 0.25) is 0 Å². The molecule has 76 valence electrons. The molecule has 2 N–H and O–H groups in total. The highest BCUT2D eigenvalue weighted by molar-refractivity contribution is 7.13. The molecular formula is C9H6N2O3S. The van der Waals surface area contributed by atoms with Crippen LogP contribution in [0, 0.1) is 0 Å². The summed E-state index contributed by atoms with van der Waals surface area (Å²) in [6.07, 6.45) is 1.34. The van der Waals surface area contributed by atoms with Crippen LogP contribution in [0.4, 0.5) is 0 Å². The van der Waals surface area contributed by atoms with E-state index >= 15 is 0 Å². The Balaban J connectivity index is 2.72. The van der Waals surface area contributed by atoms with E-state index in [1.165, 1.54) is 17.5 Å². The molecule has 2 rings (SSSR count). The number of H-pyrrole nitrogens is 1. The molecule has 0 radical (unpaired) electrons. The van der Waals surface area contributed by atoms with E-state index in [0.29, 0.717) is 10.4 Å². The largest absolute Gasteiger partial charge is 0.477 e. The molecule has 0 amide bonds. The SMILES string of the molecule is O=C(O)c1c(-c2cccs2)cn[nH]c1=O. The van der Waals surface area contributed by atoms with Crippen LogP contribution in [0.25, 0.3) is 10.4 Å². The second-order valence-electron chi connectivity index (χ2n) is 2.77. The third kappa shape index (κ3) is 1.66. The van der Waals surface area contributed by atoms with Crippen molar-refractivity contribution in [1.82, 2.24) is 10.2 Å². The molecule has 5 nitrogen and oxygen atoms in total. The number of nitrogens with one attached hydrogen (secondary N) is 1. The summed E-state index contributed by atoms with van der Waals surface area (Å²) in [6.45, 7) is 0. The fourth-order valence-corrected chi connectivity index (χ4v) is 1.97. The highest BCUT2D eigenvalue weighted by Crippen LogP contribution is 2.25. The molecule has 0 aromatic carbocycles. The zero-order valence-corrected chi connectivity index (χ0v) is 8.25. The van der Waals surface area contributed by atoms with Gasteiger partial charge in [-0.15, -0.1) is 11.3 Å². The van der Waals surface area contributed by atoms with Gasteiger partial charge in [0.1, 0.15) is 5.56 Å². The van der Waals surface area contributed by atoms with E-state index in [-0.39, 0.29) is 5.56 Å². The lowest BCUT2D eigenvalue weighted by Gasteiger charge is -2.00. The van der Waals surface area contributed by atoms with Crippen molar-refractivity contribution >= 4 is 17.3 Å². The lowest BCUT2D eigenvalue weighted by Crippen LogP contribution is -2.19. The summed E-state index contributed by atoms with van der Waals surface area (Å²) in [6, 6.07) is 3.53. The van der Waals surface area contributed by atoms with E-state index in [1.54, 1.807) is 12.1 Å². The van der Waals surface area contributed by atoms with Gasteiger partial charge in [-0.3, -0.25) is 4.79 Å². The van der Waals surface area contributed by atoms with Gasteiger partial charge in [-0.2, -0.15) is 5.10 Å². The molecule has 0 atom stereocenters. The van der Waals surface area contributed by atoms with Crippen LogP contribution in [0.3, 0.4) is 0 Å². The van der Waals surface area contributed by atoms with Crippen molar-refractivity contribution < 1.29 is 9.90 Å². The first-order valence-electron chi connectivity index (χ1n) is 4.05. The topological polar surface area (TPSA) is 83.0 Å². The number of hydrogen-bond donors (Lipinski definition) is 2. The maximum atomic E-state index is 11.3. The highest BCUT2D eigenvalue weighted by atomic mass is 32.1. The fraction of sp³-hybridized carbons (Fsp3) is 0. The number of rotatable bonds is 2. The zero-order valence-electron chi connectivity index (χ0n) is 7.43. The Morgan fingerprint density at radius 3 is 2.93 bits per heavy atom. The van der Waals surface area contributed by atoms with Gasteiger partial charge in [-0.1, -0.05) is 6.07 Å². The van der Waals surface area contributed by atoms with Crippen molar-refractivity contribution in [3.8, 4) is 10.4 Å². The quantitative estimate of drug-likeness (QED) is 0.799. The van der Waals surface area contributed by atoms with E-state index in [0.717, 1.165) is 0 Å². The number of carboxylic acids is 1. The average Bonchev–Trinajstić information content (AvgIpc) is 2.69. The van der Waals surface area contributed by atoms with Crippen molar-refractivity contribution in [2.24, 2.45) is 0 Å². The molecule has 0 aliphatic carbocycles. The minimum absolute atomic E-state index is 0.271. The molecule has 0 bridgehead atoms. The molecule has 6 heteroatoms. The van der Waals surface area contributed by atoms with Crippen molar-refractivity contribution in [2.45, 2.75) is 0 Å². The first-order chi connectivity index (χ1) is 7.20. The molecule has 15 heavy (non-hydrogen) atoms. The van der Waals surface area contributed by atoms with Crippen LogP contribution in [-0.2, 0) is 0 Å². The Bertz CT molecular complexity index is 545. The molecule has 2 heterocycles. The van der Waals surface area contributed by atoms with Crippen molar-refractivity contribution in [2.75, 3.05) is 0 Å². The molecule has 0 saturated heterocycles. The van der Waals surface area contributed by atoms with Gasteiger partial charge < -0.3 is 5.11 Å². The molecule has 0 aliphatic rings. The summed E-state index contributed by atoms with van der Waals surface area (Å²) in [4.78, 5) is 22.9. The number of carboxylic acid groups (broad SMARTS) is 1. The standard InChI is InChI=1S/C9H6N2O3S/c12-8-7(9(13)14)5(4-10-11-8)6-2-1-3-15-6/h1-4H,(H,11,12)(H,13,14). The summed E-state index contributed by atoms with van der Waals surface area (Å²) >= 11 is 1.36. The van der Waals surface area contributed by atoms with E-state index in [2.05, 4.69) is 10.2 Å². The molecule has 2 aromatic heterocycles. The van der Waals surface area contributed by atoms with E-state index in [9.17, 15) is 9.59 Å². The lowest BCUT2D eigenvalue weighted by molar-refractivity contribution is 0.0695. The number of hydrogen-bond acceptors (Lipinski definition) is 4. The molecule has 0 saturated carbocycles. The van der Waals surface area contributed by atoms with E-state index in [4.69, 9.17) is 5.11 Å². The number of aromatic amines is 1. The Labute approximate surface area is 88.0 Å². The predicted molar refractivity (Wildman–Crippen MR) is 55.1 cm³/mol. The second kappa shape index (κ2) is 3.66. The van der Waals surface area contributed by atoms with Crippen LogP contribution in [0.2, 0.25) is 0 Å². The third-order valence-electron chi connectivity index (χ3n) is 1.86. The highest BCUT2D eigenvalue weighted by Gasteiger charge is 2.16. The predicted octanol–water partition coefficient (Wildman–Crippen LogP) is 1.20. The summed E-state index contributed by atoms with van der Waals surface area (Å²) in [5.41, 5.74) is -0.609. The Hall–Kier alpha value is -1.95. The van der Waals surface area contributed by atoms with Crippen LogP contribution in [-0.4, -0.2) is 21.3 Å². The second-order valence-corrected chi connectivity index (χ2v) is 3.72. The minimum atomic E-state index is -1.25. The van der Waals surface area contributed by atoms with Crippen molar-refractivity contribution in [3.05, 3.63) is 39.6 Å². The van der Waals surface area contributed by atoms with Crippen LogP contribution in [0.5, 0.6) is 0 Å². The molecule has 0 unspecified atom stereocenters. The Kier molecular flexibility index (Phi) is 2.34. The first-order valence-corrected chi connectivity index (χ1v) is 4.93. The number of aromatic nitrogens is 2. The maximum Gasteiger partial charge on any atom is 0.342 e. The number of thiophene rings is 1. The lowest BCUT2D eigenvalue weighted by atomic mass is 10.1. The van der Waals surface area contributed by atoms with Gasteiger partial charge in [-0.05, 0) is 11.4 Å². The molecular weight excluding hydrogens is 216 g/mol. The Morgan fingerprint density at radius 2 is 2.33 bits per heavy atom. The van der Waals surface area contributed by atoms with Crippen LogP contribution in [0.15, 0.2) is 28.5 Å². The average molecular weight is 222 g/mol. The van der Waals surface area contributed by atoms with E-state index in [1.807, 2.05) is 5.38 Å². The number of aromatic carboxylic acids is 1. The number of nitrogens with zero attached hydrogens (tertiary/aromatic N) is 1. The van der Waals surface area contributed by atoms with Gasteiger partial charge in [-0.25, -0.2) is 9.89 Å². The summed E-state index contributed by atoms with van der Waals surface area (Å²) in [7, 11) is 0. The maximum absolute atomic E-state index is 11.3. The monoisotopic (exact) mass is 222 g/mol. The molecule has 0 aliphatic heterocycles. The summed E-state index contributed by atoms with van der Waals surface area (Å²) < 4.78 is 0. The van der Waals surface area contributed by atoms with Crippen LogP contribution in [0.1, 0.15) is 10.4 Å². The minimum Gasteiger partial charge on any atom is -0.477 e. The Morgan fingerprint density at radius 1 is 1.53 bits per heavy atom. The first kappa shape index (κ1) is 9.60. The molecule has 0 fully saturated rings. The van der Waals surface area contributed by atoms with Gasteiger partial charge in [0.15, 0.2) is 0 Å². The van der Waals surface area contributed by atoms with Crippen molar-refractivity contribution in [3.63, 3.8) is 0 Å². The summed E-state index contributed by atoms with van der Waals surface area (Å²) in [5, 5.41) is 16.4. The fourth-order valence-electron chi connectivity index (χ4n) is 1.23. The van der Waals surface area contributed by atoms with Gasteiger partial charge >= 0.3 is 5.97 Å². The van der Waals surface area contributed by atoms with Crippen molar-refractivity contribution in [1.29, 1.82) is 0 Å². The normalized spacial score (nSPS) is 10.1. The van der Waals surface area contributed by atoms with Crippen LogP contribution < -0.4 is 5.56 Å². The van der Waals surface area contributed by atoms with Crippen LogP contribution >= 0.6 is 11.3 Å². The zero-order chi connectivity index (χ0) is 10.8. The van der Waals surface area contributed by atoms with E-state index < -0.39 is 11.5 Å². The number of carbonyl (C=O) groups is 1. The van der Waals surface area contributed by atoms with Gasteiger partial charge in [0.25, 0.3) is 5.56 Å². The summed E-state index contributed by atoms with van der Waals surface area (Å²) in [5.74, 6) is -1.25. The molecule has 0 spiro atoms. The third-order valence-corrected chi connectivity index (χ3v) is 2.76. The van der Waals surface area contributed by atoms with Gasteiger partial charge in [0.05, 0.1) is 6.20 Å². The smallest absolute Gasteiger partial charge is 0.342 e. The molecule has 2 aromatic rings.